The van der Waals surface area contributed by atoms with Crippen molar-refractivity contribution in [1.82, 2.24) is 9.97 Å². The summed E-state index contributed by atoms with van der Waals surface area (Å²) in [6.07, 6.45) is 4.39. The maximum Gasteiger partial charge on any atom is 0.284 e. The molecule has 0 unspecified atom stereocenters. The molecule has 7 nitrogen and oxygen atoms in total. The Bertz CT molecular complexity index is 632. The van der Waals surface area contributed by atoms with Crippen molar-refractivity contribution < 1.29 is 4.92 Å². The number of nitrogens with two attached hydrogens (primary N) is 1. The van der Waals surface area contributed by atoms with E-state index in [9.17, 15) is 10.1 Å². The molecule has 0 saturated heterocycles. The van der Waals surface area contributed by atoms with Crippen molar-refractivity contribution in [3.8, 4) is 0 Å². The van der Waals surface area contributed by atoms with Crippen LogP contribution in [0.3, 0.4) is 0 Å². The fraction of sp³-hybridized carbons (Fsp3) is 0. The Morgan fingerprint density at radius 3 is 2.79 bits per heavy atom. The van der Waals surface area contributed by atoms with Crippen LogP contribution in [-0.2, 0) is 0 Å². The number of benzene rings is 1. The molecule has 96 valence electrons. The molecule has 1 aromatic heterocycles. The van der Waals surface area contributed by atoms with Gasteiger partial charge >= 0.3 is 0 Å². The molecule has 0 fully saturated rings. The van der Waals surface area contributed by atoms with Crippen molar-refractivity contribution >= 4 is 29.7 Å². The maximum atomic E-state index is 10.8. The normalized spacial score (nSPS) is 10.7. The lowest BCUT2D eigenvalue weighted by atomic mass is 10.3. The Kier molecular flexibility index (Phi) is 4.04. The Balaban J connectivity index is 2.15. The van der Waals surface area contributed by atoms with Crippen LogP contribution in [0, 0.1) is 10.1 Å². The van der Waals surface area contributed by atoms with Gasteiger partial charge in [-0.1, -0.05) is 12.1 Å². The van der Waals surface area contributed by atoms with E-state index in [-0.39, 0.29) is 11.5 Å². The average Bonchev–Trinajstić information content (AvgIpc) is 2.41. The molecule has 1 aromatic carbocycles. The zero-order chi connectivity index (χ0) is 13.7. The quantitative estimate of drug-likeness (QED) is 0.396. The smallest absolute Gasteiger partial charge is 0.284 e. The number of nitrogens with zero attached hydrogens (tertiary/aromatic N) is 4. The molecule has 2 rings (SSSR count). The van der Waals surface area contributed by atoms with Crippen LogP contribution < -0.4 is 5.73 Å². The van der Waals surface area contributed by atoms with Crippen molar-refractivity contribution in [1.29, 1.82) is 0 Å². The van der Waals surface area contributed by atoms with Gasteiger partial charge in [-0.05, 0) is 6.07 Å². The summed E-state index contributed by atoms with van der Waals surface area (Å²) >= 11 is 0.983. The van der Waals surface area contributed by atoms with Gasteiger partial charge in [-0.3, -0.25) is 10.1 Å². The topological polar surface area (TPSA) is 107 Å². The predicted molar refractivity (Wildman–Crippen MR) is 73.0 cm³/mol. The lowest BCUT2D eigenvalue weighted by molar-refractivity contribution is -0.387. The van der Waals surface area contributed by atoms with E-state index < -0.39 is 4.92 Å². The minimum absolute atomic E-state index is 0.0109. The van der Waals surface area contributed by atoms with E-state index in [1.165, 1.54) is 24.7 Å². The highest BCUT2D eigenvalue weighted by atomic mass is 32.2. The van der Waals surface area contributed by atoms with E-state index in [1.54, 1.807) is 18.2 Å². The summed E-state index contributed by atoms with van der Waals surface area (Å²) in [5.74, 6) is 0.259. The molecule has 19 heavy (non-hydrogen) atoms. The Morgan fingerprint density at radius 2 is 2.05 bits per heavy atom. The van der Waals surface area contributed by atoms with Crippen LogP contribution in [0.5, 0.6) is 0 Å². The number of nitro groups is 1. The Hall–Kier alpha value is -2.48. The monoisotopic (exact) mass is 275 g/mol. The number of nitro benzene ring substituents is 1. The fourth-order valence-corrected chi connectivity index (χ4v) is 1.92. The molecule has 2 aromatic rings. The van der Waals surface area contributed by atoms with Crippen LogP contribution >= 0.6 is 11.9 Å². The summed E-state index contributed by atoms with van der Waals surface area (Å²) in [5, 5.41) is 10.8. The van der Waals surface area contributed by atoms with Crippen molar-refractivity contribution in [2.45, 2.75) is 4.90 Å². The molecule has 0 atom stereocenters. The summed E-state index contributed by atoms with van der Waals surface area (Å²) in [6, 6.07) is 6.36. The Labute approximate surface area is 112 Å². The molecule has 0 amide bonds. The zero-order valence-electron chi connectivity index (χ0n) is 9.63. The minimum atomic E-state index is -0.450. The second-order valence-corrected chi connectivity index (χ2v) is 4.21. The number of rotatable bonds is 4. The second-order valence-electron chi connectivity index (χ2n) is 3.38. The van der Waals surface area contributed by atoms with Crippen LogP contribution in [-0.4, -0.2) is 21.1 Å². The van der Waals surface area contributed by atoms with Crippen LogP contribution in [0.2, 0.25) is 0 Å². The van der Waals surface area contributed by atoms with E-state index in [0.29, 0.717) is 10.6 Å². The first kappa shape index (κ1) is 13.0. The number of para-hydroxylation sites is 1. The van der Waals surface area contributed by atoms with Gasteiger partial charge in [0.25, 0.3) is 5.69 Å². The molecule has 0 saturated carbocycles. The van der Waals surface area contributed by atoms with Gasteiger partial charge in [0, 0.05) is 30.4 Å². The van der Waals surface area contributed by atoms with Gasteiger partial charge in [0.2, 0.25) is 0 Å². The van der Waals surface area contributed by atoms with Gasteiger partial charge in [-0.15, -0.1) is 0 Å². The van der Waals surface area contributed by atoms with Gasteiger partial charge in [-0.2, -0.15) is 0 Å². The Morgan fingerprint density at radius 1 is 1.32 bits per heavy atom. The number of hydrogen-bond acceptors (Lipinski definition) is 7. The van der Waals surface area contributed by atoms with Gasteiger partial charge in [0.15, 0.2) is 5.82 Å². The molecule has 0 radical (unpaired) electrons. The van der Waals surface area contributed by atoms with Crippen LogP contribution in [0.1, 0.15) is 5.69 Å². The molecular weight excluding hydrogens is 266 g/mol. The average molecular weight is 275 g/mol. The van der Waals surface area contributed by atoms with Gasteiger partial charge in [0.1, 0.15) is 10.6 Å². The van der Waals surface area contributed by atoms with E-state index in [1.807, 2.05) is 0 Å². The lowest BCUT2D eigenvalue weighted by Gasteiger charge is -1.98. The highest BCUT2D eigenvalue weighted by Gasteiger charge is 2.12. The minimum Gasteiger partial charge on any atom is -0.382 e. The van der Waals surface area contributed by atoms with Gasteiger partial charge < -0.3 is 5.73 Å². The first-order valence-electron chi connectivity index (χ1n) is 5.19. The highest BCUT2D eigenvalue weighted by molar-refractivity contribution is 7.98. The molecule has 0 aliphatic carbocycles. The van der Waals surface area contributed by atoms with Crippen LogP contribution in [0.25, 0.3) is 0 Å². The summed E-state index contributed by atoms with van der Waals surface area (Å²) in [5.41, 5.74) is 6.03. The van der Waals surface area contributed by atoms with E-state index >= 15 is 0 Å². The third kappa shape index (κ3) is 3.26. The number of hydrogen-bond donors (Lipinski definition) is 1. The van der Waals surface area contributed by atoms with Crippen molar-refractivity contribution in [2.24, 2.45) is 4.40 Å². The lowest BCUT2D eigenvalue weighted by Crippen LogP contribution is -1.98. The SMILES string of the molecule is Nc1nccnc1/C=N/Sc1ccccc1[N+](=O)[O-]. The summed E-state index contributed by atoms with van der Waals surface area (Å²) in [7, 11) is 0. The summed E-state index contributed by atoms with van der Waals surface area (Å²) < 4.78 is 4.02. The molecule has 0 aliphatic rings. The summed E-state index contributed by atoms with van der Waals surface area (Å²) in [4.78, 5) is 18.6. The predicted octanol–water partition coefficient (Wildman–Crippen LogP) is 2.09. The summed E-state index contributed by atoms with van der Waals surface area (Å²) in [6.45, 7) is 0. The highest BCUT2D eigenvalue weighted by Crippen LogP contribution is 2.29. The van der Waals surface area contributed by atoms with Gasteiger partial charge in [0.05, 0.1) is 11.1 Å². The van der Waals surface area contributed by atoms with E-state index in [4.69, 9.17) is 5.73 Å². The van der Waals surface area contributed by atoms with Gasteiger partial charge in [-0.25, -0.2) is 14.4 Å². The van der Waals surface area contributed by atoms with Crippen molar-refractivity contribution in [3.05, 3.63) is 52.5 Å². The van der Waals surface area contributed by atoms with E-state index in [0.717, 1.165) is 11.9 Å². The molecule has 1 heterocycles. The molecule has 0 bridgehead atoms. The first-order chi connectivity index (χ1) is 9.18. The molecule has 0 aliphatic heterocycles. The fourth-order valence-electron chi connectivity index (χ4n) is 1.28. The van der Waals surface area contributed by atoms with Crippen LogP contribution in [0.4, 0.5) is 11.5 Å². The number of nitrogen functional groups attached to an aromatic ring is 1. The third-order valence-corrected chi connectivity index (χ3v) is 2.90. The van der Waals surface area contributed by atoms with Crippen LogP contribution in [0.15, 0.2) is 46.0 Å². The number of anilines is 1. The molecule has 0 spiro atoms. The second kappa shape index (κ2) is 5.91. The van der Waals surface area contributed by atoms with Crippen molar-refractivity contribution in [2.75, 3.05) is 5.73 Å². The third-order valence-electron chi connectivity index (χ3n) is 2.14. The maximum absolute atomic E-state index is 10.8. The zero-order valence-corrected chi connectivity index (χ0v) is 10.4. The molecular formula is C11H9N5O2S. The van der Waals surface area contributed by atoms with E-state index in [2.05, 4.69) is 14.4 Å². The number of aromatic nitrogens is 2. The largest absolute Gasteiger partial charge is 0.382 e. The molecule has 2 N–H and O–H groups in total. The first-order valence-corrected chi connectivity index (χ1v) is 5.96. The van der Waals surface area contributed by atoms with Crippen molar-refractivity contribution in [3.63, 3.8) is 0 Å². The molecule has 8 heteroatoms. The standard InChI is InChI=1S/C11H9N5O2S/c12-11-8(13-5-6-14-11)7-15-19-10-4-2-1-3-9(10)16(17)18/h1-7H,(H2,12,14)/b15-7+.